The lowest BCUT2D eigenvalue weighted by atomic mass is 9.92. The topological polar surface area (TPSA) is 50.9 Å². The molecule has 4 nitrogen and oxygen atoms in total. The number of rotatable bonds is 4. The Morgan fingerprint density at radius 2 is 2.08 bits per heavy atom. The Bertz CT molecular complexity index is 713. The average molecular weight is 339 g/mol. The van der Waals surface area contributed by atoms with Crippen molar-refractivity contribution < 1.29 is 18.3 Å². The highest BCUT2D eigenvalue weighted by Crippen LogP contribution is 2.37. The molecule has 3 rings (SSSR count). The Hall–Kier alpha value is -1.89. The molecule has 0 amide bonds. The van der Waals surface area contributed by atoms with Crippen molar-refractivity contribution in [1.82, 2.24) is 14.5 Å². The van der Waals surface area contributed by atoms with Crippen LogP contribution < -0.4 is 0 Å². The van der Waals surface area contributed by atoms with E-state index >= 15 is 0 Å². The molecule has 1 atom stereocenters. The molecule has 2 aromatic heterocycles. The van der Waals surface area contributed by atoms with Crippen LogP contribution in [-0.2, 0) is 6.18 Å². The van der Waals surface area contributed by atoms with E-state index in [1.807, 2.05) is 11.5 Å². The lowest BCUT2D eigenvalue weighted by Gasteiger charge is -2.29. The highest BCUT2D eigenvalue weighted by molar-refractivity contribution is 5.59. The molecule has 0 spiro atoms. The zero-order valence-electron chi connectivity index (χ0n) is 13.6. The number of halogens is 3. The van der Waals surface area contributed by atoms with Gasteiger partial charge in [0.1, 0.15) is 11.9 Å². The number of aliphatic hydroxyl groups excluding tert-OH is 1. The van der Waals surface area contributed by atoms with Crippen LogP contribution in [0.4, 0.5) is 13.2 Å². The minimum Gasteiger partial charge on any atom is -0.385 e. The van der Waals surface area contributed by atoms with Crippen molar-refractivity contribution in [2.75, 3.05) is 0 Å². The van der Waals surface area contributed by atoms with Gasteiger partial charge in [-0.25, -0.2) is 4.98 Å². The zero-order valence-corrected chi connectivity index (χ0v) is 13.6. The first-order valence-corrected chi connectivity index (χ1v) is 8.12. The molecule has 1 fully saturated rings. The maximum absolute atomic E-state index is 13.1. The fraction of sp³-hybridized carbons (Fsp3) is 0.529. The summed E-state index contributed by atoms with van der Waals surface area (Å²) in [7, 11) is 0. The number of nitrogens with zero attached hydrogens (tertiary/aromatic N) is 3. The summed E-state index contributed by atoms with van der Waals surface area (Å²) < 4.78 is 41.2. The molecule has 0 aliphatic heterocycles. The van der Waals surface area contributed by atoms with E-state index in [1.54, 1.807) is 6.20 Å². The zero-order chi connectivity index (χ0) is 17.5. The minimum atomic E-state index is -4.45. The maximum atomic E-state index is 13.1. The highest BCUT2D eigenvalue weighted by Gasteiger charge is 2.34. The van der Waals surface area contributed by atoms with Crippen LogP contribution in [0, 0.1) is 6.92 Å². The lowest BCUT2D eigenvalue weighted by Crippen LogP contribution is -2.20. The molecule has 1 unspecified atom stereocenters. The van der Waals surface area contributed by atoms with Crippen molar-refractivity contribution in [3.63, 3.8) is 0 Å². The predicted octanol–water partition coefficient (Wildman–Crippen LogP) is 4.44. The largest absolute Gasteiger partial charge is 0.418 e. The van der Waals surface area contributed by atoms with Gasteiger partial charge in [0.2, 0.25) is 0 Å². The van der Waals surface area contributed by atoms with Gasteiger partial charge in [0.25, 0.3) is 0 Å². The van der Waals surface area contributed by atoms with Gasteiger partial charge < -0.3 is 9.67 Å². The summed E-state index contributed by atoms with van der Waals surface area (Å²) in [5, 5.41) is 10.2. The fourth-order valence-corrected chi connectivity index (χ4v) is 2.89. The molecule has 0 bridgehead atoms. The Morgan fingerprint density at radius 1 is 1.38 bits per heavy atom. The second-order valence-corrected chi connectivity index (χ2v) is 6.26. The second kappa shape index (κ2) is 6.20. The van der Waals surface area contributed by atoms with E-state index in [0.29, 0.717) is 23.5 Å². The van der Waals surface area contributed by atoms with Crippen molar-refractivity contribution in [2.45, 2.75) is 57.9 Å². The van der Waals surface area contributed by atoms with Crippen LogP contribution in [0.15, 0.2) is 18.5 Å². The van der Waals surface area contributed by atoms with Gasteiger partial charge in [0.15, 0.2) is 0 Å². The van der Waals surface area contributed by atoms with Crippen molar-refractivity contribution >= 4 is 0 Å². The molecular formula is C17H20F3N3O. The molecule has 0 aromatic carbocycles. The van der Waals surface area contributed by atoms with Gasteiger partial charge in [-0.1, -0.05) is 6.92 Å². The number of hydrogen-bond donors (Lipinski definition) is 1. The molecule has 1 N–H and O–H groups in total. The first-order chi connectivity index (χ1) is 11.3. The van der Waals surface area contributed by atoms with E-state index in [4.69, 9.17) is 0 Å². The Labute approximate surface area is 138 Å². The van der Waals surface area contributed by atoms with Crippen molar-refractivity contribution in [3.05, 3.63) is 35.5 Å². The standard InChI is InChI=1S/C17H20F3N3O/c1-3-15(24)16-22-14(9-23(16)12-5-4-6-12)11-7-13(17(18,19)20)10(2)21-8-11/h7-9,12,15,24H,3-6H2,1-2H3. The van der Waals surface area contributed by atoms with E-state index in [9.17, 15) is 18.3 Å². The summed E-state index contributed by atoms with van der Waals surface area (Å²) in [4.78, 5) is 8.29. The number of alkyl halides is 3. The van der Waals surface area contributed by atoms with Gasteiger partial charge in [0.05, 0.1) is 11.3 Å². The molecule has 0 radical (unpaired) electrons. The molecule has 1 aliphatic carbocycles. The Morgan fingerprint density at radius 3 is 2.62 bits per heavy atom. The summed E-state index contributed by atoms with van der Waals surface area (Å²) in [5.41, 5.74) is -0.0766. The van der Waals surface area contributed by atoms with Crippen LogP contribution in [-0.4, -0.2) is 19.6 Å². The van der Waals surface area contributed by atoms with Crippen LogP contribution in [0.25, 0.3) is 11.3 Å². The molecule has 1 saturated carbocycles. The Kier molecular flexibility index (Phi) is 4.38. The van der Waals surface area contributed by atoms with E-state index in [-0.39, 0.29) is 11.7 Å². The van der Waals surface area contributed by atoms with E-state index < -0.39 is 17.8 Å². The minimum absolute atomic E-state index is 0.0570. The molecule has 2 aromatic rings. The number of imidazole rings is 1. The fourth-order valence-electron chi connectivity index (χ4n) is 2.89. The van der Waals surface area contributed by atoms with Crippen molar-refractivity contribution in [2.24, 2.45) is 0 Å². The number of aryl methyl sites for hydroxylation is 1. The normalized spacial score (nSPS) is 16.9. The van der Waals surface area contributed by atoms with Crippen LogP contribution >= 0.6 is 0 Å². The third-order valence-corrected chi connectivity index (χ3v) is 4.60. The SMILES string of the molecule is CCC(O)c1nc(-c2cnc(C)c(C(F)(F)F)c2)cn1C1CCC1. The molecular weight excluding hydrogens is 319 g/mol. The van der Waals surface area contributed by atoms with Gasteiger partial charge in [-0.15, -0.1) is 0 Å². The number of hydrogen-bond acceptors (Lipinski definition) is 3. The number of aliphatic hydroxyl groups is 1. The monoisotopic (exact) mass is 339 g/mol. The van der Waals surface area contributed by atoms with Gasteiger partial charge in [-0.05, 0) is 38.7 Å². The third kappa shape index (κ3) is 3.05. The smallest absolute Gasteiger partial charge is 0.385 e. The van der Waals surface area contributed by atoms with E-state index in [1.165, 1.54) is 13.1 Å². The van der Waals surface area contributed by atoms with Gasteiger partial charge in [0, 0.05) is 29.7 Å². The summed E-state index contributed by atoms with van der Waals surface area (Å²) >= 11 is 0. The van der Waals surface area contributed by atoms with E-state index in [2.05, 4.69) is 9.97 Å². The second-order valence-electron chi connectivity index (χ2n) is 6.26. The number of pyridine rings is 1. The van der Waals surface area contributed by atoms with Crippen LogP contribution in [0.2, 0.25) is 0 Å². The predicted molar refractivity (Wildman–Crippen MR) is 83.3 cm³/mol. The van der Waals surface area contributed by atoms with Gasteiger partial charge in [-0.3, -0.25) is 4.98 Å². The molecule has 7 heteroatoms. The molecule has 1 aliphatic rings. The van der Waals surface area contributed by atoms with E-state index in [0.717, 1.165) is 25.3 Å². The lowest BCUT2D eigenvalue weighted by molar-refractivity contribution is -0.138. The first kappa shape index (κ1) is 17.0. The highest BCUT2D eigenvalue weighted by atomic mass is 19.4. The molecule has 24 heavy (non-hydrogen) atoms. The summed E-state index contributed by atoms with van der Waals surface area (Å²) in [6, 6.07) is 1.35. The van der Waals surface area contributed by atoms with Crippen molar-refractivity contribution in [3.8, 4) is 11.3 Å². The summed E-state index contributed by atoms with van der Waals surface area (Å²) in [6.45, 7) is 3.19. The summed E-state index contributed by atoms with van der Waals surface area (Å²) in [5.74, 6) is 0.520. The first-order valence-electron chi connectivity index (χ1n) is 8.12. The van der Waals surface area contributed by atoms with Crippen LogP contribution in [0.1, 0.15) is 61.8 Å². The molecule has 130 valence electrons. The van der Waals surface area contributed by atoms with Gasteiger partial charge >= 0.3 is 6.18 Å². The van der Waals surface area contributed by atoms with Gasteiger partial charge in [-0.2, -0.15) is 13.2 Å². The Balaban J connectivity index is 2.05. The molecule has 0 saturated heterocycles. The maximum Gasteiger partial charge on any atom is 0.418 e. The number of aromatic nitrogens is 3. The third-order valence-electron chi connectivity index (χ3n) is 4.60. The molecule has 2 heterocycles. The average Bonchev–Trinajstić information content (AvgIpc) is 2.88. The van der Waals surface area contributed by atoms with Crippen molar-refractivity contribution in [1.29, 1.82) is 0 Å². The quantitative estimate of drug-likeness (QED) is 0.896. The van der Waals surface area contributed by atoms with Crippen LogP contribution in [0.3, 0.4) is 0 Å². The summed E-state index contributed by atoms with van der Waals surface area (Å²) in [6.07, 6.45) is 1.59. The van der Waals surface area contributed by atoms with Crippen LogP contribution in [0.5, 0.6) is 0 Å².